The second kappa shape index (κ2) is 4.42. The topological polar surface area (TPSA) is 46.2 Å². The average Bonchev–Trinajstić information content (AvgIpc) is 2.52. The maximum Gasteiger partial charge on any atom is 0.152 e. The van der Waals surface area contributed by atoms with E-state index in [9.17, 15) is 8.42 Å². The maximum absolute atomic E-state index is 11.5. The summed E-state index contributed by atoms with van der Waals surface area (Å²) in [6.07, 6.45) is 1.96. The van der Waals surface area contributed by atoms with Gasteiger partial charge in [0.1, 0.15) is 0 Å². The van der Waals surface area contributed by atoms with Crippen molar-refractivity contribution in [2.45, 2.75) is 31.9 Å². The average molecular weight is 205 g/mol. The van der Waals surface area contributed by atoms with Gasteiger partial charge in [-0.25, -0.2) is 8.42 Å². The zero-order chi connectivity index (χ0) is 9.90. The predicted molar refractivity (Wildman–Crippen MR) is 54.5 cm³/mol. The molecule has 1 aliphatic rings. The van der Waals surface area contributed by atoms with Crippen molar-refractivity contribution in [2.24, 2.45) is 5.92 Å². The predicted octanol–water partition coefficient (Wildman–Crippen LogP) is 0.809. The summed E-state index contributed by atoms with van der Waals surface area (Å²) in [5, 5.41) is 3.02. The standard InChI is InChI=1S/C9H19NO2S/c1-8(2)13(11,12)6-4-9-3-5-10-7-9/h8-10H,3-7H2,1-2H3. The molecule has 0 spiro atoms. The summed E-state index contributed by atoms with van der Waals surface area (Å²) >= 11 is 0. The van der Waals surface area contributed by atoms with E-state index >= 15 is 0 Å². The zero-order valence-corrected chi connectivity index (χ0v) is 9.23. The van der Waals surface area contributed by atoms with Crippen LogP contribution in [0.25, 0.3) is 0 Å². The van der Waals surface area contributed by atoms with E-state index in [0.717, 1.165) is 25.9 Å². The van der Waals surface area contributed by atoms with Crippen LogP contribution in [0.2, 0.25) is 0 Å². The molecule has 1 N–H and O–H groups in total. The zero-order valence-electron chi connectivity index (χ0n) is 8.41. The molecule has 0 aliphatic carbocycles. The third-order valence-electron chi connectivity index (χ3n) is 2.69. The Morgan fingerprint density at radius 2 is 2.15 bits per heavy atom. The highest BCUT2D eigenvalue weighted by Gasteiger charge is 2.20. The van der Waals surface area contributed by atoms with Crippen molar-refractivity contribution in [3.05, 3.63) is 0 Å². The van der Waals surface area contributed by atoms with Gasteiger partial charge >= 0.3 is 0 Å². The first kappa shape index (κ1) is 11.0. The molecule has 3 nitrogen and oxygen atoms in total. The van der Waals surface area contributed by atoms with Gasteiger partial charge in [0, 0.05) is 0 Å². The number of nitrogens with one attached hydrogen (secondary N) is 1. The number of rotatable bonds is 4. The number of sulfone groups is 1. The monoisotopic (exact) mass is 205 g/mol. The van der Waals surface area contributed by atoms with Gasteiger partial charge in [-0.2, -0.15) is 0 Å². The number of hydrogen-bond donors (Lipinski definition) is 1. The van der Waals surface area contributed by atoms with E-state index in [2.05, 4.69) is 5.32 Å². The SMILES string of the molecule is CC(C)S(=O)(=O)CCC1CCNC1. The van der Waals surface area contributed by atoms with Crippen LogP contribution in [0.15, 0.2) is 0 Å². The van der Waals surface area contributed by atoms with Gasteiger partial charge in [0.2, 0.25) is 0 Å². The van der Waals surface area contributed by atoms with Gasteiger partial charge < -0.3 is 5.32 Å². The Bertz CT molecular complexity index is 240. The van der Waals surface area contributed by atoms with E-state index < -0.39 is 9.84 Å². The molecular formula is C9H19NO2S. The molecule has 1 saturated heterocycles. The minimum absolute atomic E-state index is 0.220. The molecule has 78 valence electrons. The van der Waals surface area contributed by atoms with E-state index in [1.165, 1.54) is 0 Å². The van der Waals surface area contributed by atoms with Crippen LogP contribution in [0.5, 0.6) is 0 Å². The highest BCUT2D eigenvalue weighted by molar-refractivity contribution is 7.91. The highest BCUT2D eigenvalue weighted by atomic mass is 32.2. The summed E-state index contributed by atoms with van der Waals surface area (Å²) in [6, 6.07) is 0. The largest absolute Gasteiger partial charge is 0.316 e. The first-order chi connectivity index (χ1) is 6.02. The van der Waals surface area contributed by atoms with Crippen LogP contribution in [0.4, 0.5) is 0 Å². The molecule has 1 aliphatic heterocycles. The molecule has 0 radical (unpaired) electrons. The van der Waals surface area contributed by atoms with Gasteiger partial charge in [-0.3, -0.25) is 0 Å². The van der Waals surface area contributed by atoms with Gasteiger partial charge in [-0.1, -0.05) is 0 Å². The fourth-order valence-electron chi connectivity index (χ4n) is 1.53. The Morgan fingerprint density at radius 1 is 1.46 bits per heavy atom. The third kappa shape index (κ3) is 3.27. The molecule has 1 rings (SSSR count). The van der Waals surface area contributed by atoms with E-state index in [-0.39, 0.29) is 5.25 Å². The van der Waals surface area contributed by atoms with Crippen LogP contribution in [0.1, 0.15) is 26.7 Å². The maximum atomic E-state index is 11.5. The molecule has 1 heterocycles. The van der Waals surface area contributed by atoms with E-state index in [1.807, 2.05) is 0 Å². The summed E-state index contributed by atoms with van der Waals surface area (Å²) in [4.78, 5) is 0. The van der Waals surface area contributed by atoms with Crippen molar-refractivity contribution >= 4 is 9.84 Å². The van der Waals surface area contributed by atoms with Gasteiger partial charge in [0.15, 0.2) is 9.84 Å². The lowest BCUT2D eigenvalue weighted by molar-refractivity contribution is 0.542. The van der Waals surface area contributed by atoms with Crippen molar-refractivity contribution in [1.29, 1.82) is 0 Å². The first-order valence-corrected chi connectivity index (χ1v) is 6.66. The van der Waals surface area contributed by atoms with Crippen LogP contribution in [-0.4, -0.2) is 32.5 Å². The molecule has 0 bridgehead atoms. The first-order valence-electron chi connectivity index (χ1n) is 4.94. The quantitative estimate of drug-likeness (QED) is 0.739. The fourth-order valence-corrected chi connectivity index (χ4v) is 2.66. The molecular weight excluding hydrogens is 186 g/mol. The lowest BCUT2D eigenvalue weighted by Gasteiger charge is -2.10. The molecule has 1 atom stereocenters. The molecule has 0 aromatic carbocycles. The molecule has 0 aromatic rings. The van der Waals surface area contributed by atoms with Crippen LogP contribution < -0.4 is 5.32 Å². The Hall–Kier alpha value is -0.0900. The highest BCUT2D eigenvalue weighted by Crippen LogP contribution is 2.14. The molecule has 0 amide bonds. The summed E-state index contributed by atoms with van der Waals surface area (Å²) in [5.74, 6) is 0.935. The van der Waals surface area contributed by atoms with E-state index in [4.69, 9.17) is 0 Å². The Balaban J connectivity index is 2.33. The van der Waals surface area contributed by atoms with Crippen molar-refractivity contribution in [3.63, 3.8) is 0 Å². The number of hydrogen-bond acceptors (Lipinski definition) is 3. The lowest BCUT2D eigenvalue weighted by atomic mass is 10.1. The molecule has 1 fully saturated rings. The van der Waals surface area contributed by atoms with Crippen LogP contribution >= 0.6 is 0 Å². The van der Waals surface area contributed by atoms with Crippen LogP contribution in [-0.2, 0) is 9.84 Å². The molecule has 0 aromatic heterocycles. The molecule has 13 heavy (non-hydrogen) atoms. The summed E-state index contributed by atoms with van der Waals surface area (Å²) in [7, 11) is -2.81. The normalized spacial score (nSPS) is 24.1. The smallest absolute Gasteiger partial charge is 0.152 e. The van der Waals surface area contributed by atoms with Gasteiger partial charge in [0.05, 0.1) is 11.0 Å². The fraction of sp³-hybridized carbons (Fsp3) is 1.00. The van der Waals surface area contributed by atoms with Gasteiger partial charge in [-0.05, 0) is 45.7 Å². The van der Waals surface area contributed by atoms with Crippen molar-refractivity contribution in [1.82, 2.24) is 5.32 Å². The second-order valence-electron chi connectivity index (χ2n) is 4.06. The summed E-state index contributed by atoms with van der Waals surface area (Å²) < 4.78 is 22.9. The minimum Gasteiger partial charge on any atom is -0.316 e. The molecule has 1 unspecified atom stereocenters. The van der Waals surface area contributed by atoms with Crippen molar-refractivity contribution in [2.75, 3.05) is 18.8 Å². The summed E-state index contributed by atoms with van der Waals surface area (Å²) in [5.41, 5.74) is 0. The Kier molecular flexibility index (Phi) is 3.74. The third-order valence-corrected chi connectivity index (χ3v) is 4.93. The molecule has 0 saturated carbocycles. The minimum atomic E-state index is -2.81. The van der Waals surface area contributed by atoms with E-state index in [1.54, 1.807) is 13.8 Å². The summed E-state index contributed by atoms with van der Waals surface area (Å²) in [6.45, 7) is 5.55. The molecule has 4 heteroatoms. The van der Waals surface area contributed by atoms with Crippen LogP contribution in [0, 0.1) is 5.92 Å². The van der Waals surface area contributed by atoms with E-state index in [0.29, 0.717) is 11.7 Å². The lowest BCUT2D eigenvalue weighted by Crippen LogP contribution is -2.20. The van der Waals surface area contributed by atoms with Crippen LogP contribution in [0.3, 0.4) is 0 Å². The van der Waals surface area contributed by atoms with Gasteiger partial charge in [-0.15, -0.1) is 0 Å². The Morgan fingerprint density at radius 3 is 2.62 bits per heavy atom. The second-order valence-corrected chi connectivity index (χ2v) is 6.74. The van der Waals surface area contributed by atoms with Crippen molar-refractivity contribution in [3.8, 4) is 0 Å². The van der Waals surface area contributed by atoms with Crippen molar-refractivity contribution < 1.29 is 8.42 Å². The van der Waals surface area contributed by atoms with Gasteiger partial charge in [0.25, 0.3) is 0 Å². The Labute approximate surface area is 80.8 Å².